The summed E-state index contributed by atoms with van der Waals surface area (Å²) in [6.45, 7) is 2.82. The molecule has 0 bridgehead atoms. The number of sulfonamides is 1. The highest BCUT2D eigenvalue weighted by Gasteiger charge is 2.27. The van der Waals surface area contributed by atoms with Crippen molar-refractivity contribution in [2.45, 2.75) is 17.9 Å². The van der Waals surface area contributed by atoms with E-state index in [0.717, 1.165) is 0 Å². The zero-order valence-electron chi connectivity index (χ0n) is 15.8. The molecule has 29 heavy (non-hydrogen) atoms. The number of halogens is 1. The van der Waals surface area contributed by atoms with Crippen LogP contribution in [0, 0.1) is 24.1 Å². The Morgan fingerprint density at radius 2 is 1.86 bits per heavy atom. The number of aryl methyl sites for hydroxylation is 1. The maximum absolute atomic E-state index is 13.1. The first-order valence-corrected chi connectivity index (χ1v) is 10.4. The van der Waals surface area contributed by atoms with E-state index in [2.05, 4.69) is 5.32 Å². The quantitative estimate of drug-likeness (QED) is 0.804. The number of carbonyl (C=O) groups excluding carboxylic acids is 1. The Bertz CT molecular complexity index is 1040. The Hall–Kier alpha value is -2.80. The van der Waals surface area contributed by atoms with E-state index < -0.39 is 27.8 Å². The monoisotopic (exact) mass is 417 g/mol. The van der Waals surface area contributed by atoms with Gasteiger partial charge in [-0.1, -0.05) is 18.2 Å². The molecule has 0 unspecified atom stereocenters. The minimum atomic E-state index is -3.76. The Kier molecular flexibility index (Phi) is 6.27. The highest BCUT2D eigenvalue weighted by Crippen LogP contribution is 2.22. The van der Waals surface area contributed by atoms with Crippen LogP contribution in [0.3, 0.4) is 0 Å². The average molecular weight is 417 g/mol. The summed E-state index contributed by atoms with van der Waals surface area (Å²) in [5, 5.41) is 12.0. The number of nitrogens with zero attached hydrogens (tertiary/aromatic N) is 2. The summed E-state index contributed by atoms with van der Waals surface area (Å²) in [5.74, 6) is -1.04. The molecule has 0 saturated carbocycles. The first kappa shape index (κ1) is 20.9. The molecule has 1 N–H and O–H groups in total. The van der Waals surface area contributed by atoms with Gasteiger partial charge in [0.05, 0.1) is 24.2 Å². The highest BCUT2D eigenvalue weighted by molar-refractivity contribution is 7.89. The number of amides is 1. The maximum atomic E-state index is 13.1. The third-order valence-corrected chi connectivity index (χ3v) is 6.56. The number of benzene rings is 2. The van der Waals surface area contributed by atoms with Crippen LogP contribution in [0.1, 0.15) is 27.5 Å². The molecule has 0 aliphatic carbocycles. The minimum Gasteiger partial charge on any atom is -0.379 e. The SMILES string of the molecule is Cc1ccc(S(=O)(=O)N2CCOCC2)cc1C(=O)N[C@@H](C#N)c1ccc(F)cc1. The molecular formula is C20H20FN3O4S. The van der Waals surface area contributed by atoms with Crippen LogP contribution in [0.25, 0.3) is 0 Å². The van der Waals surface area contributed by atoms with Crippen molar-refractivity contribution in [3.8, 4) is 6.07 Å². The van der Waals surface area contributed by atoms with E-state index in [1.54, 1.807) is 13.0 Å². The van der Waals surface area contributed by atoms with Crippen LogP contribution in [0.15, 0.2) is 47.4 Å². The molecule has 1 saturated heterocycles. The average Bonchev–Trinajstić information content (AvgIpc) is 2.73. The van der Waals surface area contributed by atoms with E-state index >= 15 is 0 Å². The lowest BCUT2D eigenvalue weighted by atomic mass is 10.1. The number of hydrogen-bond donors (Lipinski definition) is 1. The van der Waals surface area contributed by atoms with Crippen LogP contribution in [0.4, 0.5) is 4.39 Å². The second-order valence-electron chi connectivity index (χ2n) is 6.58. The first-order chi connectivity index (χ1) is 13.8. The van der Waals surface area contributed by atoms with Crippen LogP contribution in [0.2, 0.25) is 0 Å². The molecule has 2 aromatic rings. The van der Waals surface area contributed by atoms with Gasteiger partial charge < -0.3 is 10.1 Å². The second-order valence-corrected chi connectivity index (χ2v) is 8.52. The lowest BCUT2D eigenvalue weighted by Gasteiger charge is -2.26. The number of rotatable bonds is 5. The Morgan fingerprint density at radius 1 is 1.21 bits per heavy atom. The van der Waals surface area contributed by atoms with Gasteiger partial charge in [-0.2, -0.15) is 9.57 Å². The molecule has 1 heterocycles. The Morgan fingerprint density at radius 3 is 2.48 bits per heavy atom. The van der Waals surface area contributed by atoms with E-state index in [-0.39, 0.29) is 23.5 Å². The third kappa shape index (κ3) is 4.62. The maximum Gasteiger partial charge on any atom is 0.252 e. The molecule has 1 aliphatic heterocycles. The zero-order valence-corrected chi connectivity index (χ0v) is 16.6. The van der Waals surface area contributed by atoms with E-state index in [9.17, 15) is 22.9 Å². The summed E-state index contributed by atoms with van der Waals surface area (Å²) >= 11 is 0. The van der Waals surface area contributed by atoms with Crippen molar-refractivity contribution in [2.75, 3.05) is 26.3 Å². The van der Waals surface area contributed by atoms with E-state index in [0.29, 0.717) is 24.3 Å². The molecule has 9 heteroatoms. The predicted octanol–water partition coefficient (Wildman–Crippen LogP) is 2.15. The summed E-state index contributed by atoms with van der Waals surface area (Å²) in [4.78, 5) is 12.8. The van der Waals surface area contributed by atoms with Crippen LogP contribution in [0.5, 0.6) is 0 Å². The zero-order chi connectivity index (χ0) is 21.0. The number of nitriles is 1. The van der Waals surface area contributed by atoms with Gasteiger partial charge in [0, 0.05) is 18.7 Å². The molecular weight excluding hydrogens is 397 g/mol. The van der Waals surface area contributed by atoms with Gasteiger partial charge in [-0.3, -0.25) is 4.79 Å². The predicted molar refractivity (Wildman–Crippen MR) is 103 cm³/mol. The number of carbonyl (C=O) groups is 1. The molecule has 7 nitrogen and oxygen atoms in total. The second kappa shape index (κ2) is 8.69. The number of nitrogens with one attached hydrogen (secondary N) is 1. The van der Waals surface area contributed by atoms with Gasteiger partial charge in [-0.05, 0) is 42.3 Å². The summed E-state index contributed by atoms with van der Waals surface area (Å²) in [5.41, 5.74) is 1.15. The van der Waals surface area contributed by atoms with Gasteiger partial charge in [0.15, 0.2) is 0 Å². The summed E-state index contributed by atoms with van der Waals surface area (Å²) in [7, 11) is -3.76. The molecule has 0 spiro atoms. The molecule has 1 fully saturated rings. The van der Waals surface area contributed by atoms with Crippen LogP contribution in [-0.2, 0) is 14.8 Å². The largest absolute Gasteiger partial charge is 0.379 e. The molecule has 0 aromatic heterocycles. The van der Waals surface area contributed by atoms with Gasteiger partial charge >= 0.3 is 0 Å². The lowest BCUT2D eigenvalue weighted by Crippen LogP contribution is -2.40. The van der Waals surface area contributed by atoms with E-state index in [1.807, 2.05) is 6.07 Å². The van der Waals surface area contributed by atoms with Crippen molar-refractivity contribution in [1.29, 1.82) is 5.26 Å². The molecule has 1 amide bonds. The fourth-order valence-corrected chi connectivity index (χ4v) is 4.43. The van der Waals surface area contributed by atoms with Gasteiger partial charge in [0.1, 0.15) is 11.9 Å². The Balaban J connectivity index is 1.86. The van der Waals surface area contributed by atoms with Crippen LogP contribution < -0.4 is 5.32 Å². The topological polar surface area (TPSA) is 99.5 Å². The van der Waals surface area contributed by atoms with E-state index in [1.165, 1.54) is 40.7 Å². The molecule has 1 aliphatic rings. The fourth-order valence-electron chi connectivity index (χ4n) is 3.00. The smallest absolute Gasteiger partial charge is 0.252 e. The normalized spacial score (nSPS) is 16.0. The third-order valence-electron chi connectivity index (χ3n) is 4.67. The van der Waals surface area contributed by atoms with Gasteiger partial charge in [-0.25, -0.2) is 12.8 Å². The van der Waals surface area contributed by atoms with Crippen molar-refractivity contribution in [2.24, 2.45) is 0 Å². The molecule has 0 radical (unpaired) electrons. The van der Waals surface area contributed by atoms with Gasteiger partial charge in [-0.15, -0.1) is 0 Å². The van der Waals surface area contributed by atoms with Crippen LogP contribution >= 0.6 is 0 Å². The molecule has 1 atom stereocenters. The lowest BCUT2D eigenvalue weighted by molar-refractivity contribution is 0.0730. The van der Waals surface area contributed by atoms with E-state index in [4.69, 9.17) is 4.74 Å². The molecule has 152 valence electrons. The summed E-state index contributed by atoms with van der Waals surface area (Å²) in [6.07, 6.45) is 0. The van der Waals surface area contributed by atoms with Crippen molar-refractivity contribution in [3.63, 3.8) is 0 Å². The fraction of sp³-hybridized carbons (Fsp3) is 0.300. The van der Waals surface area contributed by atoms with Crippen molar-refractivity contribution < 1.29 is 22.3 Å². The number of morpholine rings is 1. The number of ether oxygens (including phenoxy) is 1. The van der Waals surface area contributed by atoms with Crippen molar-refractivity contribution in [1.82, 2.24) is 9.62 Å². The molecule has 3 rings (SSSR count). The van der Waals surface area contributed by atoms with Gasteiger partial charge in [0.2, 0.25) is 10.0 Å². The standard InChI is InChI=1S/C20H20FN3O4S/c1-14-2-7-17(29(26,27)24-8-10-28-11-9-24)12-18(14)20(25)23-19(13-22)15-3-5-16(21)6-4-15/h2-7,12,19H,8-11H2,1H3,(H,23,25)/t19-/m0/s1. The number of hydrogen-bond acceptors (Lipinski definition) is 5. The molecule has 2 aromatic carbocycles. The van der Waals surface area contributed by atoms with Crippen molar-refractivity contribution >= 4 is 15.9 Å². The minimum absolute atomic E-state index is 0.00504. The van der Waals surface area contributed by atoms with Crippen molar-refractivity contribution in [3.05, 3.63) is 65.0 Å². The van der Waals surface area contributed by atoms with Crippen LogP contribution in [-0.4, -0.2) is 44.9 Å². The Labute approximate surface area is 168 Å². The first-order valence-electron chi connectivity index (χ1n) is 8.97. The summed E-state index contributed by atoms with van der Waals surface area (Å²) < 4.78 is 45.3. The highest BCUT2D eigenvalue weighted by atomic mass is 32.2. The summed E-state index contributed by atoms with van der Waals surface area (Å²) in [6, 6.07) is 10.5. The van der Waals surface area contributed by atoms with Gasteiger partial charge in [0.25, 0.3) is 5.91 Å².